The van der Waals surface area contributed by atoms with Crippen molar-refractivity contribution in [1.29, 1.82) is 0 Å². The van der Waals surface area contributed by atoms with E-state index in [2.05, 4.69) is 10.3 Å². The van der Waals surface area contributed by atoms with E-state index in [0.717, 1.165) is 17.0 Å². The minimum atomic E-state index is 0.00764. The number of carbonyl (C=O) groups excluding carboxylic acids is 1. The normalized spacial score (nSPS) is 9.92. The Balaban J connectivity index is 2.62. The Bertz CT molecular complexity index is 289. The highest BCUT2D eigenvalue weighted by Gasteiger charge is 2.01. The van der Waals surface area contributed by atoms with Crippen LogP contribution in [-0.2, 0) is 11.3 Å². The molecule has 1 amide bonds. The zero-order valence-electron chi connectivity index (χ0n) is 7.69. The maximum absolute atomic E-state index is 10.6. The van der Waals surface area contributed by atoms with E-state index in [1.807, 2.05) is 19.9 Å². The van der Waals surface area contributed by atoms with Gasteiger partial charge in [-0.05, 0) is 25.5 Å². The number of nitrogens with one attached hydrogen (secondary N) is 2. The predicted molar refractivity (Wildman–Crippen MR) is 47.8 cm³/mol. The third kappa shape index (κ3) is 2.12. The van der Waals surface area contributed by atoms with Crippen LogP contribution in [0.2, 0.25) is 0 Å². The van der Waals surface area contributed by atoms with Crippen LogP contribution in [0.1, 0.15) is 23.9 Å². The first-order valence-electron chi connectivity index (χ1n) is 3.99. The summed E-state index contributed by atoms with van der Waals surface area (Å²) >= 11 is 0. The largest absolute Gasteiger partial charge is 0.362 e. The summed E-state index contributed by atoms with van der Waals surface area (Å²) in [6.07, 6.45) is 0. The molecule has 1 heterocycles. The summed E-state index contributed by atoms with van der Waals surface area (Å²) in [5.41, 5.74) is 3.41. The van der Waals surface area contributed by atoms with Gasteiger partial charge in [0.2, 0.25) is 5.91 Å². The molecule has 12 heavy (non-hydrogen) atoms. The average molecular weight is 166 g/mol. The highest BCUT2D eigenvalue weighted by molar-refractivity contribution is 5.72. The second kappa shape index (κ2) is 3.43. The maximum atomic E-state index is 10.6. The van der Waals surface area contributed by atoms with Crippen molar-refractivity contribution in [2.24, 2.45) is 0 Å². The lowest BCUT2D eigenvalue weighted by Crippen LogP contribution is -2.18. The van der Waals surface area contributed by atoms with Crippen LogP contribution < -0.4 is 5.32 Å². The van der Waals surface area contributed by atoms with Gasteiger partial charge >= 0.3 is 0 Å². The number of aromatic amines is 1. The Morgan fingerprint density at radius 1 is 1.58 bits per heavy atom. The molecule has 0 fully saturated rings. The molecule has 0 aliphatic rings. The second-order valence-corrected chi connectivity index (χ2v) is 3.01. The van der Waals surface area contributed by atoms with Gasteiger partial charge in [-0.2, -0.15) is 0 Å². The van der Waals surface area contributed by atoms with Gasteiger partial charge in [-0.25, -0.2) is 0 Å². The number of rotatable bonds is 2. The molecule has 1 rings (SSSR count). The zero-order valence-corrected chi connectivity index (χ0v) is 7.69. The second-order valence-electron chi connectivity index (χ2n) is 3.01. The van der Waals surface area contributed by atoms with Crippen molar-refractivity contribution in [3.05, 3.63) is 23.0 Å². The molecule has 1 aromatic heterocycles. The van der Waals surface area contributed by atoms with Gasteiger partial charge in [0.05, 0.1) is 0 Å². The molecule has 0 saturated carbocycles. The average Bonchev–Trinajstić information content (AvgIpc) is 2.26. The quantitative estimate of drug-likeness (QED) is 0.682. The topological polar surface area (TPSA) is 44.9 Å². The van der Waals surface area contributed by atoms with Gasteiger partial charge < -0.3 is 10.3 Å². The smallest absolute Gasteiger partial charge is 0.217 e. The third-order valence-corrected chi connectivity index (χ3v) is 1.78. The molecule has 0 bridgehead atoms. The monoisotopic (exact) mass is 166 g/mol. The molecule has 0 atom stereocenters. The molecular formula is C9H14N2O. The Morgan fingerprint density at radius 2 is 2.25 bits per heavy atom. The molecular weight excluding hydrogens is 152 g/mol. The first kappa shape index (κ1) is 8.84. The third-order valence-electron chi connectivity index (χ3n) is 1.78. The van der Waals surface area contributed by atoms with Crippen LogP contribution >= 0.6 is 0 Å². The fourth-order valence-electron chi connectivity index (χ4n) is 1.19. The molecule has 0 unspecified atom stereocenters. The van der Waals surface area contributed by atoms with E-state index in [4.69, 9.17) is 0 Å². The number of hydrogen-bond acceptors (Lipinski definition) is 1. The summed E-state index contributed by atoms with van der Waals surface area (Å²) < 4.78 is 0. The van der Waals surface area contributed by atoms with Crippen LogP contribution in [0.3, 0.4) is 0 Å². The predicted octanol–water partition coefficient (Wildman–Crippen LogP) is 1.27. The van der Waals surface area contributed by atoms with Crippen molar-refractivity contribution in [3.63, 3.8) is 0 Å². The van der Waals surface area contributed by atoms with Crippen LogP contribution in [0.4, 0.5) is 0 Å². The summed E-state index contributed by atoms with van der Waals surface area (Å²) in [5.74, 6) is 0.00764. The highest BCUT2D eigenvalue weighted by Crippen LogP contribution is 2.08. The standard InChI is InChI=1S/C9H14N2O/c1-6-4-9(7(2)11-6)5-10-8(3)12/h4,11H,5H2,1-3H3,(H,10,12). The molecule has 0 radical (unpaired) electrons. The molecule has 3 nitrogen and oxygen atoms in total. The van der Waals surface area contributed by atoms with E-state index in [-0.39, 0.29) is 5.91 Å². The SMILES string of the molecule is CC(=O)NCc1cc(C)[nH]c1C. The number of amides is 1. The molecule has 0 saturated heterocycles. The number of H-pyrrole nitrogens is 1. The summed E-state index contributed by atoms with van der Waals surface area (Å²) in [7, 11) is 0. The van der Waals surface area contributed by atoms with Crippen molar-refractivity contribution in [2.45, 2.75) is 27.3 Å². The van der Waals surface area contributed by atoms with Crippen molar-refractivity contribution < 1.29 is 4.79 Å². The Morgan fingerprint density at radius 3 is 2.67 bits per heavy atom. The number of hydrogen-bond donors (Lipinski definition) is 2. The van der Waals surface area contributed by atoms with Crippen LogP contribution in [-0.4, -0.2) is 10.9 Å². The van der Waals surface area contributed by atoms with Crippen LogP contribution in [0, 0.1) is 13.8 Å². The van der Waals surface area contributed by atoms with Crippen molar-refractivity contribution >= 4 is 5.91 Å². The first-order chi connectivity index (χ1) is 5.59. The number of carbonyl (C=O) groups is 1. The fourth-order valence-corrected chi connectivity index (χ4v) is 1.19. The summed E-state index contributed by atoms with van der Waals surface area (Å²) in [6.45, 7) is 6.15. The number of aryl methyl sites for hydroxylation is 2. The fraction of sp³-hybridized carbons (Fsp3) is 0.444. The first-order valence-corrected chi connectivity index (χ1v) is 3.99. The minimum Gasteiger partial charge on any atom is -0.362 e. The molecule has 0 aliphatic heterocycles. The van der Waals surface area contributed by atoms with Crippen LogP contribution in [0.5, 0.6) is 0 Å². The highest BCUT2D eigenvalue weighted by atomic mass is 16.1. The Kier molecular flexibility index (Phi) is 2.53. The van der Waals surface area contributed by atoms with Gasteiger partial charge in [0, 0.05) is 24.9 Å². The molecule has 3 heteroatoms. The molecule has 66 valence electrons. The maximum Gasteiger partial charge on any atom is 0.217 e. The van der Waals surface area contributed by atoms with Crippen molar-refractivity contribution in [3.8, 4) is 0 Å². The van der Waals surface area contributed by atoms with Gasteiger partial charge in [-0.15, -0.1) is 0 Å². The van der Waals surface area contributed by atoms with Gasteiger partial charge in [0.15, 0.2) is 0 Å². The molecule has 0 aliphatic carbocycles. The lowest BCUT2D eigenvalue weighted by molar-refractivity contribution is -0.119. The van der Waals surface area contributed by atoms with Crippen LogP contribution in [0.25, 0.3) is 0 Å². The number of aromatic nitrogens is 1. The Hall–Kier alpha value is -1.25. The molecule has 0 spiro atoms. The van der Waals surface area contributed by atoms with E-state index in [1.54, 1.807) is 0 Å². The van der Waals surface area contributed by atoms with E-state index in [1.165, 1.54) is 6.92 Å². The summed E-state index contributed by atoms with van der Waals surface area (Å²) in [5, 5.41) is 2.76. The van der Waals surface area contributed by atoms with Gasteiger partial charge in [0.1, 0.15) is 0 Å². The van der Waals surface area contributed by atoms with Gasteiger partial charge in [0.25, 0.3) is 0 Å². The zero-order chi connectivity index (χ0) is 9.14. The van der Waals surface area contributed by atoms with E-state index in [0.29, 0.717) is 6.54 Å². The van der Waals surface area contributed by atoms with E-state index >= 15 is 0 Å². The summed E-state index contributed by atoms with van der Waals surface area (Å²) in [4.78, 5) is 13.8. The van der Waals surface area contributed by atoms with Gasteiger partial charge in [-0.1, -0.05) is 0 Å². The van der Waals surface area contributed by atoms with Gasteiger partial charge in [-0.3, -0.25) is 4.79 Å². The molecule has 2 N–H and O–H groups in total. The summed E-state index contributed by atoms with van der Waals surface area (Å²) in [6, 6.07) is 2.05. The van der Waals surface area contributed by atoms with Crippen molar-refractivity contribution in [1.82, 2.24) is 10.3 Å². The minimum absolute atomic E-state index is 0.00764. The molecule has 1 aromatic rings. The lowest BCUT2D eigenvalue weighted by atomic mass is 10.2. The van der Waals surface area contributed by atoms with E-state index < -0.39 is 0 Å². The van der Waals surface area contributed by atoms with Crippen molar-refractivity contribution in [2.75, 3.05) is 0 Å². The van der Waals surface area contributed by atoms with E-state index in [9.17, 15) is 4.79 Å². The Labute approximate surface area is 72.2 Å². The lowest BCUT2D eigenvalue weighted by Gasteiger charge is -1.99. The van der Waals surface area contributed by atoms with Crippen LogP contribution in [0.15, 0.2) is 6.07 Å². The molecule has 0 aromatic carbocycles.